The predicted molar refractivity (Wildman–Crippen MR) is 104 cm³/mol. The van der Waals surface area contributed by atoms with E-state index in [-0.39, 0.29) is 11.5 Å². The average molecular weight is 367 g/mol. The molecule has 1 unspecified atom stereocenters. The van der Waals surface area contributed by atoms with Gasteiger partial charge in [0.1, 0.15) is 0 Å². The van der Waals surface area contributed by atoms with Crippen molar-refractivity contribution in [2.45, 2.75) is 69.9 Å². The Labute approximate surface area is 161 Å². The normalized spacial score (nSPS) is 28.3. The number of likely N-dealkylation sites (tertiary alicyclic amines) is 2. The van der Waals surface area contributed by atoms with Crippen molar-refractivity contribution in [3.8, 4) is 0 Å². The van der Waals surface area contributed by atoms with Crippen LogP contribution in [0.25, 0.3) is 0 Å². The zero-order valence-corrected chi connectivity index (χ0v) is 16.1. The number of rotatable bonds is 3. The fourth-order valence-corrected chi connectivity index (χ4v) is 5.81. The summed E-state index contributed by atoms with van der Waals surface area (Å²) >= 11 is 0. The Bertz CT molecular complexity index is 713. The molecule has 1 atom stereocenters. The van der Waals surface area contributed by atoms with Crippen LogP contribution in [0.4, 0.5) is 0 Å². The van der Waals surface area contributed by atoms with Crippen molar-refractivity contribution in [2.24, 2.45) is 11.3 Å². The molecule has 0 N–H and O–H groups in total. The van der Waals surface area contributed by atoms with E-state index in [0.29, 0.717) is 23.8 Å². The van der Waals surface area contributed by atoms with Crippen molar-refractivity contribution >= 4 is 11.8 Å². The van der Waals surface area contributed by atoms with Gasteiger partial charge in [0, 0.05) is 25.0 Å². The molecule has 1 aromatic carbocycles. The molecule has 0 radical (unpaired) electrons. The summed E-state index contributed by atoms with van der Waals surface area (Å²) in [5.41, 5.74) is 1.15. The van der Waals surface area contributed by atoms with E-state index in [4.69, 9.17) is 0 Å². The highest BCUT2D eigenvalue weighted by Gasteiger charge is 2.62. The van der Waals surface area contributed by atoms with Crippen molar-refractivity contribution < 1.29 is 9.59 Å². The van der Waals surface area contributed by atoms with Crippen molar-refractivity contribution in [1.82, 2.24) is 9.80 Å². The predicted octanol–water partition coefficient (Wildman–Crippen LogP) is 3.92. The van der Waals surface area contributed by atoms with E-state index in [1.165, 1.54) is 24.8 Å². The number of carbonyl (C=O) groups is 2. The molecule has 4 heteroatoms. The number of hydrogen-bond donors (Lipinski definition) is 0. The van der Waals surface area contributed by atoms with Gasteiger partial charge in [-0.05, 0) is 44.1 Å². The summed E-state index contributed by atoms with van der Waals surface area (Å²) in [6, 6.07) is 11.2. The van der Waals surface area contributed by atoms with Crippen LogP contribution in [0.5, 0.6) is 0 Å². The van der Waals surface area contributed by atoms with Crippen molar-refractivity contribution in [2.75, 3.05) is 13.1 Å². The standard InChI is InChI=1S/C23H30N2O2/c26-21(18-9-10-18)24-15-11-19(12-16-24)25-20(17-7-3-1-4-8-17)23(22(25)27)13-5-2-6-14-23/h1,3-4,7-8,18-20H,2,5-6,9-16H2. The molecule has 2 heterocycles. The smallest absolute Gasteiger partial charge is 0.232 e. The van der Waals surface area contributed by atoms with Gasteiger partial charge in [-0.1, -0.05) is 49.6 Å². The van der Waals surface area contributed by atoms with Gasteiger partial charge in [-0.3, -0.25) is 9.59 Å². The summed E-state index contributed by atoms with van der Waals surface area (Å²) in [5, 5.41) is 0. The first-order valence-corrected chi connectivity index (χ1v) is 10.9. The van der Waals surface area contributed by atoms with Gasteiger partial charge in [-0.25, -0.2) is 0 Å². The van der Waals surface area contributed by atoms with E-state index >= 15 is 0 Å². The second-order valence-electron chi connectivity index (χ2n) is 9.07. The Hall–Kier alpha value is -1.84. The Balaban J connectivity index is 1.35. The zero-order chi connectivity index (χ0) is 18.4. The van der Waals surface area contributed by atoms with Crippen LogP contribution < -0.4 is 0 Å². The third-order valence-corrected chi connectivity index (χ3v) is 7.42. The lowest BCUT2D eigenvalue weighted by atomic mass is 9.59. The largest absolute Gasteiger partial charge is 0.342 e. The maximum absolute atomic E-state index is 13.4. The van der Waals surface area contributed by atoms with Crippen LogP contribution in [0, 0.1) is 11.3 Å². The Morgan fingerprint density at radius 1 is 0.926 bits per heavy atom. The highest BCUT2D eigenvalue weighted by Crippen LogP contribution is 2.59. The van der Waals surface area contributed by atoms with Crippen LogP contribution >= 0.6 is 0 Å². The molecule has 2 aliphatic carbocycles. The van der Waals surface area contributed by atoms with Crippen LogP contribution in [0.3, 0.4) is 0 Å². The third-order valence-electron chi connectivity index (χ3n) is 7.42. The lowest BCUT2D eigenvalue weighted by Gasteiger charge is -2.61. The van der Waals surface area contributed by atoms with Gasteiger partial charge in [0.2, 0.25) is 11.8 Å². The molecule has 5 rings (SSSR count). The summed E-state index contributed by atoms with van der Waals surface area (Å²) in [5.74, 6) is 1.05. The molecule has 144 valence electrons. The van der Waals surface area contributed by atoms with Crippen molar-refractivity contribution in [1.29, 1.82) is 0 Å². The van der Waals surface area contributed by atoms with E-state index in [1.54, 1.807) is 0 Å². The molecule has 4 aliphatic rings. The average Bonchev–Trinajstić information content (AvgIpc) is 3.58. The molecule has 2 aliphatic heterocycles. The zero-order valence-electron chi connectivity index (χ0n) is 16.1. The van der Waals surface area contributed by atoms with Gasteiger partial charge in [-0.15, -0.1) is 0 Å². The fourth-order valence-electron chi connectivity index (χ4n) is 5.81. The van der Waals surface area contributed by atoms with Gasteiger partial charge in [0.15, 0.2) is 0 Å². The number of carbonyl (C=O) groups excluding carboxylic acids is 2. The maximum atomic E-state index is 13.4. The summed E-state index contributed by atoms with van der Waals surface area (Å²) < 4.78 is 0. The van der Waals surface area contributed by atoms with E-state index in [9.17, 15) is 9.59 Å². The van der Waals surface area contributed by atoms with Crippen molar-refractivity contribution in [3.05, 3.63) is 35.9 Å². The number of amides is 2. The number of β-lactam (4-membered cyclic amide) rings is 1. The molecule has 1 aromatic rings. The lowest BCUT2D eigenvalue weighted by molar-refractivity contribution is -0.186. The van der Waals surface area contributed by atoms with Gasteiger partial charge < -0.3 is 9.80 Å². The second kappa shape index (κ2) is 6.65. The highest BCUT2D eigenvalue weighted by molar-refractivity contribution is 5.91. The van der Waals surface area contributed by atoms with E-state index in [1.807, 2.05) is 4.90 Å². The molecule has 4 fully saturated rings. The van der Waals surface area contributed by atoms with Gasteiger partial charge in [0.25, 0.3) is 0 Å². The Kier molecular flexibility index (Phi) is 4.25. The first-order valence-electron chi connectivity index (χ1n) is 10.9. The van der Waals surface area contributed by atoms with Crippen LogP contribution in [-0.2, 0) is 9.59 Å². The van der Waals surface area contributed by atoms with E-state index < -0.39 is 0 Å². The van der Waals surface area contributed by atoms with Gasteiger partial charge >= 0.3 is 0 Å². The van der Waals surface area contributed by atoms with Crippen LogP contribution in [0.2, 0.25) is 0 Å². The first-order chi connectivity index (χ1) is 13.2. The number of piperidine rings is 1. The van der Waals surface area contributed by atoms with Gasteiger partial charge in [0.05, 0.1) is 11.5 Å². The summed E-state index contributed by atoms with van der Waals surface area (Å²) in [4.78, 5) is 30.0. The molecular weight excluding hydrogens is 336 g/mol. The number of hydrogen-bond acceptors (Lipinski definition) is 2. The SMILES string of the molecule is O=C(C1CC1)N1CCC(N2C(=O)C3(CCCCC3)C2c2ccccc2)CC1. The minimum atomic E-state index is -0.152. The molecule has 2 saturated heterocycles. The minimum absolute atomic E-state index is 0.152. The molecular formula is C23H30N2O2. The molecule has 4 nitrogen and oxygen atoms in total. The molecule has 2 amide bonds. The molecule has 0 aromatic heterocycles. The topological polar surface area (TPSA) is 40.6 Å². The van der Waals surface area contributed by atoms with Crippen molar-refractivity contribution in [3.63, 3.8) is 0 Å². The molecule has 1 spiro atoms. The maximum Gasteiger partial charge on any atom is 0.232 e. The summed E-state index contributed by atoms with van der Waals surface area (Å²) in [7, 11) is 0. The lowest BCUT2D eigenvalue weighted by Crippen LogP contribution is -2.67. The summed E-state index contributed by atoms with van der Waals surface area (Å²) in [6.45, 7) is 1.64. The molecule has 2 saturated carbocycles. The van der Waals surface area contributed by atoms with Crippen LogP contribution in [0.1, 0.15) is 69.4 Å². The third kappa shape index (κ3) is 2.79. The molecule has 0 bridgehead atoms. The second-order valence-corrected chi connectivity index (χ2v) is 9.07. The molecule has 27 heavy (non-hydrogen) atoms. The quantitative estimate of drug-likeness (QED) is 0.761. The minimum Gasteiger partial charge on any atom is -0.342 e. The summed E-state index contributed by atoms with van der Waals surface area (Å²) in [6.07, 6.45) is 9.71. The van der Waals surface area contributed by atoms with Gasteiger partial charge in [-0.2, -0.15) is 0 Å². The highest BCUT2D eigenvalue weighted by atomic mass is 16.2. The van der Waals surface area contributed by atoms with E-state index in [2.05, 4.69) is 35.2 Å². The van der Waals surface area contributed by atoms with E-state index in [0.717, 1.165) is 51.6 Å². The number of nitrogens with zero attached hydrogens (tertiary/aromatic N) is 2. The number of benzene rings is 1. The van der Waals surface area contributed by atoms with Crippen LogP contribution in [-0.4, -0.2) is 40.7 Å². The Morgan fingerprint density at radius 2 is 1.59 bits per heavy atom. The monoisotopic (exact) mass is 366 g/mol. The Morgan fingerprint density at radius 3 is 2.22 bits per heavy atom. The fraction of sp³-hybridized carbons (Fsp3) is 0.652. The first kappa shape index (κ1) is 17.3. The van der Waals surface area contributed by atoms with Crippen LogP contribution in [0.15, 0.2) is 30.3 Å².